The summed E-state index contributed by atoms with van der Waals surface area (Å²) >= 11 is 12.4. The molecule has 0 bridgehead atoms. The highest BCUT2D eigenvalue weighted by molar-refractivity contribution is 6.35. The number of amides is 2. The van der Waals surface area contributed by atoms with E-state index in [1.807, 2.05) is 41.3 Å². The number of carbonyl (C=O) groups is 2. The van der Waals surface area contributed by atoms with E-state index in [2.05, 4.69) is 24.5 Å². The number of carboxylic acids is 1. The molecule has 7 nitrogen and oxygen atoms in total. The molecule has 1 fully saturated rings. The summed E-state index contributed by atoms with van der Waals surface area (Å²) in [4.78, 5) is 23.9. The molecule has 2 aromatic carbocycles. The summed E-state index contributed by atoms with van der Waals surface area (Å²) in [5, 5.41) is 14.7. The Kier molecular flexibility index (Phi) is 12.5. The standard InChI is InChI=1S/C24H31Cl2N3O2.C2HF3O2/c1-17(2)16-31-22-7-3-18(4-8-22)14-28-24(30)29(21-9-11-27-12-10-21)15-19-5-6-20(25)13-23(19)26;3-2(4,5)1(6)7/h3-8,13,17,21,27H,9-12,14-16H2,1-2H3,(H,28,30);(H,6,7). The average Bonchev–Trinajstić information content (AvgIpc) is 2.86. The van der Waals surface area contributed by atoms with Gasteiger partial charge in [0.15, 0.2) is 0 Å². The van der Waals surface area contributed by atoms with Crippen LogP contribution in [0, 0.1) is 5.92 Å². The van der Waals surface area contributed by atoms with Gasteiger partial charge in [-0.2, -0.15) is 13.2 Å². The predicted molar refractivity (Wildman–Crippen MR) is 141 cm³/mol. The van der Waals surface area contributed by atoms with Gasteiger partial charge in [0, 0.05) is 29.2 Å². The number of nitrogens with zero attached hydrogens (tertiary/aromatic N) is 1. The number of aliphatic carboxylic acids is 1. The lowest BCUT2D eigenvalue weighted by Crippen LogP contribution is -2.49. The molecule has 2 aromatic rings. The van der Waals surface area contributed by atoms with Gasteiger partial charge < -0.3 is 25.4 Å². The molecular weight excluding hydrogens is 546 g/mol. The third-order valence-corrected chi connectivity index (χ3v) is 6.15. The highest BCUT2D eigenvalue weighted by Gasteiger charge is 2.38. The molecular formula is C26H32Cl2F3N3O4. The third-order valence-electron chi connectivity index (χ3n) is 5.56. The van der Waals surface area contributed by atoms with E-state index < -0.39 is 12.1 Å². The van der Waals surface area contributed by atoms with Crippen molar-refractivity contribution in [3.63, 3.8) is 0 Å². The Morgan fingerprint density at radius 3 is 2.26 bits per heavy atom. The zero-order chi connectivity index (χ0) is 28.3. The van der Waals surface area contributed by atoms with Crippen LogP contribution >= 0.6 is 23.2 Å². The van der Waals surface area contributed by atoms with Crippen LogP contribution in [0.5, 0.6) is 5.75 Å². The lowest BCUT2D eigenvalue weighted by atomic mass is 10.0. The van der Waals surface area contributed by atoms with Crippen molar-refractivity contribution in [3.05, 3.63) is 63.6 Å². The summed E-state index contributed by atoms with van der Waals surface area (Å²) in [7, 11) is 0. The predicted octanol–water partition coefficient (Wildman–Crippen LogP) is 6.13. The summed E-state index contributed by atoms with van der Waals surface area (Å²) < 4.78 is 37.5. The number of alkyl halides is 3. The quantitative estimate of drug-likeness (QED) is 0.351. The Balaban J connectivity index is 0.000000638. The minimum absolute atomic E-state index is 0.0851. The Hall–Kier alpha value is -2.69. The number of hydrogen-bond donors (Lipinski definition) is 3. The maximum absolute atomic E-state index is 13.1. The van der Waals surface area contributed by atoms with Crippen LogP contribution in [0.15, 0.2) is 42.5 Å². The van der Waals surface area contributed by atoms with Crippen LogP contribution in [0.1, 0.15) is 37.8 Å². The van der Waals surface area contributed by atoms with E-state index >= 15 is 0 Å². The van der Waals surface area contributed by atoms with Crippen LogP contribution in [0.3, 0.4) is 0 Å². The number of piperidine rings is 1. The van der Waals surface area contributed by atoms with Gasteiger partial charge in [-0.25, -0.2) is 9.59 Å². The molecule has 2 amide bonds. The molecule has 0 radical (unpaired) electrons. The molecule has 38 heavy (non-hydrogen) atoms. The number of carboxylic acid groups (broad SMARTS) is 1. The van der Waals surface area contributed by atoms with Crippen molar-refractivity contribution in [1.82, 2.24) is 15.5 Å². The van der Waals surface area contributed by atoms with Crippen molar-refractivity contribution in [3.8, 4) is 5.75 Å². The highest BCUT2D eigenvalue weighted by atomic mass is 35.5. The van der Waals surface area contributed by atoms with E-state index in [1.54, 1.807) is 6.07 Å². The van der Waals surface area contributed by atoms with E-state index in [9.17, 15) is 18.0 Å². The van der Waals surface area contributed by atoms with Crippen molar-refractivity contribution < 1.29 is 32.6 Å². The van der Waals surface area contributed by atoms with Crippen LogP contribution in [-0.2, 0) is 17.9 Å². The normalized spacial score (nSPS) is 13.9. The van der Waals surface area contributed by atoms with Crippen LogP contribution < -0.4 is 15.4 Å². The number of benzene rings is 2. The number of nitrogens with one attached hydrogen (secondary N) is 2. The first kappa shape index (κ1) is 31.5. The first-order valence-electron chi connectivity index (χ1n) is 12.1. The maximum Gasteiger partial charge on any atom is 0.490 e. The molecule has 0 atom stereocenters. The fraction of sp³-hybridized carbons (Fsp3) is 0.462. The van der Waals surface area contributed by atoms with Crippen molar-refractivity contribution in [2.75, 3.05) is 19.7 Å². The molecule has 1 saturated heterocycles. The molecule has 3 N–H and O–H groups in total. The van der Waals surface area contributed by atoms with E-state index in [-0.39, 0.29) is 12.1 Å². The minimum Gasteiger partial charge on any atom is -0.493 e. The molecule has 0 unspecified atom stereocenters. The molecule has 1 aliphatic rings. The Morgan fingerprint density at radius 2 is 1.74 bits per heavy atom. The maximum atomic E-state index is 13.1. The third kappa shape index (κ3) is 11.0. The van der Waals surface area contributed by atoms with Crippen molar-refractivity contribution >= 4 is 35.2 Å². The van der Waals surface area contributed by atoms with Gasteiger partial charge in [0.25, 0.3) is 0 Å². The molecule has 1 aliphatic heterocycles. The van der Waals surface area contributed by atoms with Crippen molar-refractivity contribution in [1.29, 1.82) is 0 Å². The summed E-state index contributed by atoms with van der Waals surface area (Å²) in [5.41, 5.74) is 1.92. The fourth-order valence-electron chi connectivity index (χ4n) is 3.56. The molecule has 210 valence electrons. The number of hydrogen-bond acceptors (Lipinski definition) is 4. The summed E-state index contributed by atoms with van der Waals surface area (Å²) in [6, 6.07) is 13.4. The number of urea groups is 1. The number of halogens is 5. The second-order valence-electron chi connectivity index (χ2n) is 9.16. The SMILES string of the molecule is CC(C)COc1ccc(CNC(=O)N(Cc2ccc(Cl)cc2Cl)C2CCNCC2)cc1.O=C(O)C(F)(F)F. The Labute approximate surface area is 230 Å². The second-order valence-corrected chi connectivity index (χ2v) is 10.00. The van der Waals surface area contributed by atoms with Crippen LogP contribution in [0.4, 0.5) is 18.0 Å². The summed E-state index contributed by atoms with van der Waals surface area (Å²) in [6.07, 6.45) is -3.25. The van der Waals surface area contributed by atoms with E-state index in [4.69, 9.17) is 37.8 Å². The summed E-state index contributed by atoms with van der Waals surface area (Å²) in [5.74, 6) is -1.43. The lowest BCUT2D eigenvalue weighted by Gasteiger charge is -2.35. The van der Waals surface area contributed by atoms with Gasteiger partial charge in [0.1, 0.15) is 5.75 Å². The number of ether oxygens (including phenoxy) is 1. The molecule has 12 heteroatoms. The van der Waals surface area contributed by atoms with Gasteiger partial charge in [0.2, 0.25) is 0 Å². The van der Waals surface area contributed by atoms with Gasteiger partial charge in [-0.05, 0) is 67.2 Å². The molecule has 0 aliphatic carbocycles. The minimum atomic E-state index is -5.08. The van der Waals surface area contributed by atoms with Gasteiger partial charge >= 0.3 is 18.2 Å². The number of rotatable bonds is 8. The van der Waals surface area contributed by atoms with Crippen molar-refractivity contribution in [2.45, 2.75) is 52.0 Å². The molecule has 1 heterocycles. The van der Waals surface area contributed by atoms with Crippen LogP contribution in [0.2, 0.25) is 10.0 Å². The lowest BCUT2D eigenvalue weighted by molar-refractivity contribution is -0.192. The highest BCUT2D eigenvalue weighted by Crippen LogP contribution is 2.25. The van der Waals surface area contributed by atoms with E-state index in [1.165, 1.54) is 0 Å². The van der Waals surface area contributed by atoms with Crippen LogP contribution in [0.25, 0.3) is 0 Å². The van der Waals surface area contributed by atoms with Crippen molar-refractivity contribution in [2.24, 2.45) is 5.92 Å². The van der Waals surface area contributed by atoms with Gasteiger partial charge in [0.05, 0.1) is 6.61 Å². The zero-order valence-corrected chi connectivity index (χ0v) is 22.7. The van der Waals surface area contributed by atoms with Gasteiger partial charge in [-0.3, -0.25) is 0 Å². The zero-order valence-electron chi connectivity index (χ0n) is 21.2. The first-order chi connectivity index (χ1) is 17.9. The van der Waals surface area contributed by atoms with Gasteiger partial charge in [-0.15, -0.1) is 0 Å². The van der Waals surface area contributed by atoms with Gasteiger partial charge in [-0.1, -0.05) is 55.2 Å². The Bertz CT molecular complexity index is 1050. The molecule has 0 saturated carbocycles. The van der Waals surface area contributed by atoms with Crippen LogP contribution in [-0.4, -0.2) is 53.9 Å². The monoisotopic (exact) mass is 577 g/mol. The topological polar surface area (TPSA) is 90.9 Å². The summed E-state index contributed by atoms with van der Waals surface area (Å²) in [6.45, 7) is 7.65. The van der Waals surface area contributed by atoms with E-state index in [0.29, 0.717) is 35.7 Å². The molecule has 3 rings (SSSR count). The second kappa shape index (κ2) is 15.0. The molecule has 0 aromatic heterocycles. The largest absolute Gasteiger partial charge is 0.493 e. The van der Waals surface area contributed by atoms with E-state index in [0.717, 1.165) is 42.8 Å². The number of carbonyl (C=O) groups excluding carboxylic acids is 1. The molecule has 0 spiro atoms. The average molecular weight is 578 g/mol. The smallest absolute Gasteiger partial charge is 0.490 e. The Morgan fingerprint density at radius 1 is 1.13 bits per heavy atom. The first-order valence-corrected chi connectivity index (χ1v) is 12.8. The fourth-order valence-corrected chi connectivity index (χ4v) is 4.03.